The van der Waals surface area contributed by atoms with E-state index in [2.05, 4.69) is 19.0 Å². The number of hydrogen-bond acceptors (Lipinski definition) is 5. The van der Waals surface area contributed by atoms with Crippen molar-refractivity contribution in [3.05, 3.63) is 58.7 Å². The van der Waals surface area contributed by atoms with Gasteiger partial charge in [0.25, 0.3) is 0 Å². The van der Waals surface area contributed by atoms with Crippen molar-refractivity contribution in [2.45, 2.75) is 44.8 Å². The Morgan fingerprint density at radius 1 is 1.05 bits per heavy atom. The van der Waals surface area contributed by atoms with Crippen molar-refractivity contribution in [1.29, 1.82) is 0 Å². The molecule has 3 aromatic rings. The largest absolute Gasteiger partial charge is 0.497 e. The molecule has 0 spiro atoms. The van der Waals surface area contributed by atoms with E-state index < -0.39 is 0 Å². The predicted molar refractivity (Wildman–Crippen MR) is 148 cm³/mol. The normalized spacial score (nSPS) is 19.9. The van der Waals surface area contributed by atoms with Crippen LogP contribution < -0.4 is 14.4 Å². The number of hydrogen-bond donors (Lipinski definition) is 0. The van der Waals surface area contributed by atoms with E-state index in [1.165, 1.54) is 0 Å². The first-order valence-corrected chi connectivity index (χ1v) is 13.3. The van der Waals surface area contributed by atoms with Crippen molar-refractivity contribution in [1.82, 2.24) is 14.8 Å². The second-order valence-corrected chi connectivity index (χ2v) is 10.9. The monoisotopic (exact) mass is 522 g/mol. The summed E-state index contributed by atoms with van der Waals surface area (Å²) >= 11 is 6.42. The maximum absolute atomic E-state index is 14.2. The third-order valence-corrected chi connectivity index (χ3v) is 7.85. The van der Waals surface area contributed by atoms with Gasteiger partial charge in [0, 0.05) is 46.4 Å². The number of carbonyl (C=O) groups is 1. The number of urea groups is 1. The number of ether oxygens (including phenoxy) is 2. The van der Waals surface area contributed by atoms with E-state index in [1.54, 1.807) is 14.2 Å². The molecular weight excluding hydrogens is 488 g/mol. The maximum atomic E-state index is 14.2. The lowest BCUT2D eigenvalue weighted by molar-refractivity contribution is 0.184. The van der Waals surface area contributed by atoms with Crippen LogP contribution in [0.3, 0.4) is 0 Å². The Balaban J connectivity index is 1.52. The molecule has 8 heteroatoms. The topological polar surface area (TPSA) is 58.1 Å². The Bertz CT molecular complexity index is 1290. The van der Waals surface area contributed by atoms with Gasteiger partial charge in [0.1, 0.15) is 11.5 Å². The number of rotatable bonds is 7. The molecule has 37 heavy (non-hydrogen) atoms. The third kappa shape index (κ3) is 5.20. The molecule has 1 aliphatic heterocycles. The van der Waals surface area contributed by atoms with Crippen molar-refractivity contribution < 1.29 is 14.3 Å². The van der Waals surface area contributed by atoms with Gasteiger partial charge in [-0.25, -0.2) is 4.79 Å². The number of amides is 2. The van der Waals surface area contributed by atoms with Gasteiger partial charge in [0.2, 0.25) is 0 Å². The summed E-state index contributed by atoms with van der Waals surface area (Å²) in [4.78, 5) is 25.1. The van der Waals surface area contributed by atoms with Gasteiger partial charge in [-0.3, -0.25) is 9.88 Å². The first-order valence-electron chi connectivity index (χ1n) is 12.9. The number of methoxy groups -OCH3 is 2. The molecule has 7 nitrogen and oxygen atoms in total. The average Bonchev–Trinajstić information content (AvgIpc) is 2.89. The van der Waals surface area contributed by atoms with Gasteiger partial charge < -0.3 is 19.3 Å². The number of halogens is 1. The zero-order valence-corrected chi connectivity index (χ0v) is 22.8. The van der Waals surface area contributed by atoms with Crippen molar-refractivity contribution in [2.75, 3.05) is 39.8 Å². The van der Waals surface area contributed by atoms with Crippen LogP contribution in [0.4, 0.5) is 10.5 Å². The molecule has 0 N–H and O–H groups in total. The van der Waals surface area contributed by atoms with Crippen LogP contribution in [0.5, 0.6) is 11.5 Å². The zero-order valence-electron chi connectivity index (χ0n) is 22.0. The standard InChI is InChI=1S/C29H35ClN4O3/c1-32(2)16-19-5-9-23(10-6-19)34-28-21(15-31-26-12-8-22(30)13-25(26)28)18-33(29(34)35)17-20-7-11-24(36-3)14-27(20)37-4/h7-8,11-15,19,23H,5-6,9-10,16-18H2,1-4H3. The minimum absolute atomic E-state index is 0.0221. The van der Waals surface area contributed by atoms with Crippen LogP contribution in [0, 0.1) is 5.92 Å². The number of carbonyl (C=O) groups excluding carboxylic acids is 1. The van der Waals surface area contributed by atoms with E-state index in [9.17, 15) is 4.79 Å². The molecule has 196 valence electrons. The smallest absolute Gasteiger partial charge is 0.325 e. The summed E-state index contributed by atoms with van der Waals surface area (Å²) in [5.41, 5.74) is 3.79. The molecule has 2 heterocycles. The molecule has 2 amide bonds. The highest BCUT2D eigenvalue weighted by molar-refractivity contribution is 6.31. The molecule has 2 aromatic carbocycles. The van der Waals surface area contributed by atoms with Crippen LogP contribution in [0.15, 0.2) is 42.6 Å². The summed E-state index contributed by atoms with van der Waals surface area (Å²) < 4.78 is 11.0. The first-order chi connectivity index (χ1) is 17.9. The van der Waals surface area contributed by atoms with Crippen LogP contribution in [-0.2, 0) is 13.1 Å². The van der Waals surface area contributed by atoms with Crippen LogP contribution in [0.25, 0.3) is 10.9 Å². The van der Waals surface area contributed by atoms with Crippen molar-refractivity contribution in [3.8, 4) is 11.5 Å². The van der Waals surface area contributed by atoms with Gasteiger partial charge in [0.15, 0.2) is 0 Å². The highest BCUT2D eigenvalue weighted by Gasteiger charge is 2.38. The Morgan fingerprint density at radius 2 is 1.84 bits per heavy atom. The van der Waals surface area contributed by atoms with Crippen molar-refractivity contribution in [3.63, 3.8) is 0 Å². The second kappa shape index (κ2) is 10.8. The Labute approximate surface area is 223 Å². The molecule has 1 saturated carbocycles. The quantitative estimate of drug-likeness (QED) is 0.383. The SMILES string of the molecule is COc1ccc(CN2Cc3cnc4ccc(Cl)cc4c3N(C3CCC(CN(C)C)CC3)C2=O)c(OC)c1. The molecule has 1 aliphatic carbocycles. The van der Waals surface area contributed by atoms with E-state index in [1.807, 2.05) is 52.4 Å². The summed E-state index contributed by atoms with van der Waals surface area (Å²) in [7, 11) is 7.54. The molecule has 0 bridgehead atoms. The summed E-state index contributed by atoms with van der Waals surface area (Å²) in [6.45, 7) is 2.00. The third-order valence-electron chi connectivity index (χ3n) is 7.62. The van der Waals surface area contributed by atoms with E-state index in [4.69, 9.17) is 26.1 Å². The van der Waals surface area contributed by atoms with E-state index in [0.717, 1.165) is 65.7 Å². The van der Waals surface area contributed by atoms with E-state index >= 15 is 0 Å². The number of benzene rings is 2. The zero-order chi connectivity index (χ0) is 26.1. The lowest BCUT2D eigenvalue weighted by Gasteiger charge is -2.44. The minimum atomic E-state index is 0.0221. The number of anilines is 1. The summed E-state index contributed by atoms with van der Waals surface area (Å²) in [6, 6.07) is 11.6. The number of fused-ring (bicyclic) bond motifs is 3. The maximum Gasteiger partial charge on any atom is 0.325 e. The predicted octanol–water partition coefficient (Wildman–Crippen LogP) is 5.97. The first kappa shape index (κ1) is 25.6. The van der Waals surface area contributed by atoms with Crippen LogP contribution >= 0.6 is 11.6 Å². The summed E-state index contributed by atoms with van der Waals surface area (Å²) in [5, 5.41) is 1.59. The van der Waals surface area contributed by atoms with Crippen molar-refractivity contribution >= 4 is 34.2 Å². The lowest BCUT2D eigenvalue weighted by Crippen LogP contribution is -2.52. The second-order valence-electron chi connectivity index (χ2n) is 10.4. The van der Waals surface area contributed by atoms with Gasteiger partial charge in [-0.2, -0.15) is 0 Å². The van der Waals surface area contributed by atoms with Gasteiger partial charge >= 0.3 is 6.03 Å². The molecular formula is C29H35ClN4O3. The molecule has 0 saturated heterocycles. The highest BCUT2D eigenvalue weighted by atomic mass is 35.5. The fourth-order valence-electron chi connectivity index (χ4n) is 5.87. The molecule has 0 atom stereocenters. The Hall–Kier alpha value is -3.03. The fraction of sp³-hybridized carbons (Fsp3) is 0.448. The molecule has 0 unspecified atom stereocenters. The highest BCUT2D eigenvalue weighted by Crippen LogP contribution is 2.41. The number of pyridine rings is 1. The van der Waals surface area contributed by atoms with Crippen LogP contribution in [0.2, 0.25) is 5.02 Å². The Kier molecular flexibility index (Phi) is 7.45. The average molecular weight is 523 g/mol. The summed E-state index contributed by atoms with van der Waals surface area (Å²) in [6.07, 6.45) is 6.10. The van der Waals surface area contributed by atoms with Crippen molar-refractivity contribution in [2.24, 2.45) is 5.92 Å². The van der Waals surface area contributed by atoms with Crippen LogP contribution in [-0.4, -0.2) is 61.7 Å². The lowest BCUT2D eigenvalue weighted by atomic mass is 9.84. The molecule has 0 radical (unpaired) electrons. The van der Waals surface area contributed by atoms with Gasteiger partial charge in [-0.15, -0.1) is 0 Å². The van der Waals surface area contributed by atoms with Gasteiger partial charge in [-0.1, -0.05) is 11.6 Å². The summed E-state index contributed by atoms with van der Waals surface area (Å²) in [5.74, 6) is 2.09. The van der Waals surface area contributed by atoms with Gasteiger partial charge in [-0.05, 0) is 76.0 Å². The molecule has 2 aliphatic rings. The van der Waals surface area contributed by atoms with E-state index in [-0.39, 0.29) is 12.1 Å². The number of nitrogens with zero attached hydrogens (tertiary/aromatic N) is 4. The van der Waals surface area contributed by atoms with Crippen LogP contribution in [0.1, 0.15) is 36.8 Å². The Morgan fingerprint density at radius 3 is 2.54 bits per heavy atom. The molecule has 5 rings (SSSR count). The fourth-order valence-corrected chi connectivity index (χ4v) is 6.04. The van der Waals surface area contributed by atoms with E-state index in [0.29, 0.717) is 29.8 Å². The number of aromatic nitrogens is 1. The molecule has 1 aromatic heterocycles. The van der Waals surface area contributed by atoms with Gasteiger partial charge in [0.05, 0.1) is 38.5 Å². The molecule has 1 fully saturated rings. The minimum Gasteiger partial charge on any atom is -0.497 e.